The molecule has 0 bridgehead atoms. The van der Waals surface area contributed by atoms with E-state index in [-0.39, 0.29) is 29.8 Å². The molecule has 2 aromatic carbocycles. The van der Waals surface area contributed by atoms with Gasteiger partial charge in [0.25, 0.3) is 0 Å². The predicted molar refractivity (Wildman–Crippen MR) is 134 cm³/mol. The quantitative estimate of drug-likeness (QED) is 0.142. The fourth-order valence-corrected chi connectivity index (χ4v) is 3.88. The highest BCUT2D eigenvalue weighted by atomic mass is 35.5. The monoisotopic (exact) mass is 609 g/mol. The second-order valence-electron chi connectivity index (χ2n) is 7.61. The van der Waals surface area contributed by atoms with Crippen LogP contribution in [-0.4, -0.2) is 57.3 Å². The van der Waals surface area contributed by atoms with Crippen molar-refractivity contribution < 1.29 is 51.6 Å². The van der Waals surface area contributed by atoms with Crippen LogP contribution in [0.25, 0.3) is 22.3 Å². The molecule has 19 heteroatoms. The molecule has 39 heavy (non-hydrogen) atoms. The van der Waals surface area contributed by atoms with Gasteiger partial charge in [-0.1, -0.05) is 29.8 Å². The van der Waals surface area contributed by atoms with Gasteiger partial charge in [0, 0.05) is 23.2 Å². The smallest absolute Gasteiger partial charge is 0.421 e. The predicted octanol–water partition coefficient (Wildman–Crippen LogP) is 3.72. The van der Waals surface area contributed by atoms with Gasteiger partial charge in [0.15, 0.2) is 17.2 Å². The normalized spacial score (nSPS) is 12.5. The molecule has 1 unspecified atom stereocenters. The Morgan fingerprint density at radius 1 is 1.08 bits per heavy atom. The van der Waals surface area contributed by atoms with Crippen LogP contribution < -0.4 is 10.1 Å². The van der Waals surface area contributed by atoms with E-state index in [0.717, 1.165) is 12.1 Å². The van der Waals surface area contributed by atoms with Gasteiger partial charge in [-0.15, -0.1) is 0 Å². The summed E-state index contributed by atoms with van der Waals surface area (Å²) >= 11 is 6.32. The Bertz CT molecular complexity index is 1560. The summed E-state index contributed by atoms with van der Waals surface area (Å²) in [6.45, 7) is 1.37. The largest absolute Gasteiger partial charge is 0.469 e. The maximum absolute atomic E-state index is 14.1. The topological polar surface area (TPSA) is 220 Å². The molecule has 14 nitrogen and oxygen atoms in total. The van der Waals surface area contributed by atoms with Gasteiger partial charge in [0.05, 0.1) is 17.2 Å². The van der Waals surface area contributed by atoms with Crippen LogP contribution in [0.3, 0.4) is 0 Å². The number of nitrogens with one attached hydrogen (secondary N) is 2. The summed E-state index contributed by atoms with van der Waals surface area (Å²) in [6, 6.07) is 9.40. The van der Waals surface area contributed by atoms with Crippen molar-refractivity contribution in [1.29, 1.82) is 0 Å². The summed E-state index contributed by atoms with van der Waals surface area (Å²) in [5, 5.41) is 10.7. The third-order valence-electron chi connectivity index (χ3n) is 4.51. The van der Waals surface area contributed by atoms with Gasteiger partial charge in [-0.3, -0.25) is 9.62 Å². The van der Waals surface area contributed by atoms with Gasteiger partial charge in [-0.25, -0.2) is 17.9 Å². The molecule has 0 amide bonds. The average Bonchev–Trinajstić information content (AvgIpc) is 3.21. The van der Waals surface area contributed by atoms with Gasteiger partial charge < -0.3 is 34.5 Å². The molecule has 4 aromatic rings. The van der Waals surface area contributed by atoms with Crippen molar-refractivity contribution in [1.82, 2.24) is 20.2 Å². The van der Waals surface area contributed by atoms with Gasteiger partial charge in [-0.05, 0) is 25.1 Å². The molecule has 7 N–H and O–H groups in total. The molecule has 4 rings (SSSR count). The number of phosphoric ester groups is 1. The van der Waals surface area contributed by atoms with E-state index in [1.165, 1.54) is 6.92 Å². The standard InChI is InChI=1S/C20H17ClF2N5O5P.H3O4P/c1-10(33-34(29,30)31)9-24-18-16-17(12-4-2-3-5-13(12)21)27-28-19(16)26-20(25-18)32-15-7-6-11(22)8-14(15)23;1-5(2,3)4/h2-8,10H,9H2,1H3,(H2,29,30,31)(H2,24,25,26,27,28);(H3,1,2,3,4). The molecule has 1 atom stereocenters. The number of aromatic amines is 1. The molecular weight excluding hydrogens is 590 g/mol. The first kappa shape index (κ1) is 30.5. The molecule has 2 heterocycles. The molecule has 0 aliphatic heterocycles. The summed E-state index contributed by atoms with van der Waals surface area (Å²) in [5.41, 5.74) is 1.19. The van der Waals surface area contributed by atoms with Crippen molar-refractivity contribution in [3.05, 3.63) is 59.1 Å². The van der Waals surface area contributed by atoms with Crippen molar-refractivity contribution in [2.24, 2.45) is 0 Å². The molecule has 0 saturated carbocycles. The lowest BCUT2D eigenvalue weighted by atomic mass is 10.1. The highest BCUT2D eigenvalue weighted by Gasteiger charge is 2.22. The minimum Gasteiger partial charge on any atom is -0.421 e. The van der Waals surface area contributed by atoms with E-state index in [0.29, 0.717) is 27.7 Å². The van der Waals surface area contributed by atoms with Crippen LogP contribution in [-0.2, 0) is 13.7 Å². The third-order valence-corrected chi connectivity index (χ3v) is 5.47. The number of anilines is 1. The first-order valence-corrected chi connectivity index (χ1v) is 14.0. The number of halogens is 3. The van der Waals surface area contributed by atoms with E-state index >= 15 is 0 Å². The van der Waals surface area contributed by atoms with E-state index < -0.39 is 33.4 Å². The highest BCUT2D eigenvalue weighted by molar-refractivity contribution is 7.46. The average molecular weight is 610 g/mol. The molecule has 0 aliphatic rings. The minimum absolute atomic E-state index is 0.0747. The lowest BCUT2D eigenvalue weighted by Crippen LogP contribution is -2.19. The van der Waals surface area contributed by atoms with Crippen molar-refractivity contribution in [2.45, 2.75) is 13.0 Å². The van der Waals surface area contributed by atoms with Gasteiger partial charge >= 0.3 is 21.7 Å². The van der Waals surface area contributed by atoms with Gasteiger partial charge in [0.1, 0.15) is 11.6 Å². The van der Waals surface area contributed by atoms with E-state index in [1.54, 1.807) is 24.3 Å². The number of hydrogen-bond acceptors (Lipinski definition) is 8. The third kappa shape index (κ3) is 9.28. The highest BCUT2D eigenvalue weighted by Crippen LogP contribution is 2.38. The van der Waals surface area contributed by atoms with Crippen LogP contribution in [0.4, 0.5) is 14.6 Å². The van der Waals surface area contributed by atoms with Crippen molar-refractivity contribution in [3.63, 3.8) is 0 Å². The fourth-order valence-electron chi connectivity index (χ4n) is 3.11. The molecule has 0 spiro atoms. The van der Waals surface area contributed by atoms with Gasteiger partial charge in [0.2, 0.25) is 0 Å². The van der Waals surface area contributed by atoms with Crippen LogP contribution >= 0.6 is 27.2 Å². The number of fused-ring (bicyclic) bond motifs is 1. The fraction of sp³-hybridized carbons (Fsp3) is 0.150. The number of aromatic nitrogens is 4. The van der Waals surface area contributed by atoms with E-state index in [4.69, 9.17) is 45.4 Å². The Morgan fingerprint density at radius 3 is 2.36 bits per heavy atom. The molecule has 2 aromatic heterocycles. The van der Waals surface area contributed by atoms with E-state index in [2.05, 4.69) is 30.0 Å². The number of H-pyrrole nitrogens is 1. The Hall–Kier alpha value is -3.04. The summed E-state index contributed by atoms with van der Waals surface area (Å²) in [6.07, 6.45) is -0.916. The number of benzene rings is 2. The number of phosphoric acid groups is 2. The number of ether oxygens (including phenoxy) is 1. The Labute approximate surface area is 223 Å². The Balaban J connectivity index is 0.000000771. The number of hydrogen-bond donors (Lipinski definition) is 7. The number of rotatable bonds is 8. The second kappa shape index (κ2) is 12.4. The lowest BCUT2D eigenvalue weighted by Gasteiger charge is -2.16. The maximum atomic E-state index is 14.1. The first-order chi connectivity index (χ1) is 18.1. The molecule has 0 aliphatic carbocycles. The summed E-state index contributed by atoms with van der Waals surface area (Å²) in [7, 11) is -9.35. The summed E-state index contributed by atoms with van der Waals surface area (Å²) in [4.78, 5) is 48.1. The van der Waals surface area contributed by atoms with Crippen LogP contribution in [0.5, 0.6) is 11.8 Å². The molecule has 210 valence electrons. The lowest BCUT2D eigenvalue weighted by molar-refractivity contribution is 0.152. The zero-order valence-corrected chi connectivity index (χ0v) is 22.1. The molecular formula is C20H20ClF2N5O9P2. The zero-order chi connectivity index (χ0) is 29.0. The molecule has 0 radical (unpaired) electrons. The zero-order valence-electron chi connectivity index (χ0n) is 19.6. The van der Waals surface area contributed by atoms with Crippen LogP contribution in [0.15, 0.2) is 42.5 Å². The SMILES string of the molecule is CC(CNc1nc(Oc2ccc(F)cc2F)nc2n[nH]c(-c3ccccc3Cl)c12)OP(=O)(O)O.O=P(O)(O)O. The van der Waals surface area contributed by atoms with E-state index in [1.807, 2.05) is 0 Å². The summed E-state index contributed by atoms with van der Waals surface area (Å²) < 4.78 is 57.3. The van der Waals surface area contributed by atoms with Crippen LogP contribution in [0, 0.1) is 11.6 Å². The van der Waals surface area contributed by atoms with Crippen molar-refractivity contribution in [3.8, 4) is 23.0 Å². The molecule has 0 fully saturated rings. The number of nitrogens with zero attached hydrogens (tertiary/aromatic N) is 3. The summed E-state index contributed by atoms with van der Waals surface area (Å²) in [5.74, 6) is -1.90. The van der Waals surface area contributed by atoms with Crippen molar-refractivity contribution >= 4 is 44.1 Å². The molecule has 0 saturated heterocycles. The van der Waals surface area contributed by atoms with Crippen LogP contribution in [0.2, 0.25) is 5.02 Å². The first-order valence-electron chi connectivity index (χ1n) is 10.5. The van der Waals surface area contributed by atoms with Crippen molar-refractivity contribution in [2.75, 3.05) is 11.9 Å². The van der Waals surface area contributed by atoms with E-state index in [9.17, 15) is 13.3 Å². The Kier molecular flexibility index (Phi) is 9.72. The second-order valence-corrected chi connectivity index (χ2v) is 10.2. The maximum Gasteiger partial charge on any atom is 0.469 e. The Morgan fingerprint density at radius 2 is 1.74 bits per heavy atom. The van der Waals surface area contributed by atoms with Gasteiger partial charge in [-0.2, -0.15) is 15.1 Å². The van der Waals surface area contributed by atoms with Crippen LogP contribution in [0.1, 0.15) is 6.92 Å². The minimum atomic E-state index is -4.71.